The van der Waals surface area contributed by atoms with Crippen molar-refractivity contribution in [1.29, 1.82) is 0 Å². The summed E-state index contributed by atoms with van der Waals surface area (Å²) in [6, 6.07) is 9.27. The zero-order valence-corrected chi connectivity index (χ0v) is 12.6. The molecule has 0 unspecified atom stereocenters. The molecule has 0 spiro atoms. The van der Waals surface area contributed by atoms with Gasteiger partial charge in [-0.15, -0.1) is 0 Å². The molecule has 1 atom stereocenters. The second kappa shape index (κ2) is 6.21. The number of aliphatic carboxylic acids is 1. The van der Waals surface area contributed by atoms with Crippen LogP contribution in [0.15, 0.2) is 34.9 Å². The number of aryl methyl sites for hydroxylation is 1. The zero-order chi connectivity index (χ0) is 16.4. The van der Waals surface area contributed by atoms with Gasteiger partial charge < -0.3 is 19.3 Å². The number of ether oxygens (including phenoxy) is 1. The molecule has 7 heteroatoms. The first-order chi connectivity index (χ1) is 11.0. The van der Waals surface area contributed by atoms with Gasteiger partial charge in [-0.2, -0.15) is 0 Å². The van der Waals surface area contributed by atoms with E-state index in [-0.39, 0.29) is 24.8 Å². The van der Waals surface area contributed by atoms with Crippen molar-refractivity contribution in [2.24, 2.45) is 0 Å². The maximum absolute atomic E-state index is 12.4. The minimum absolute atomic E-state index is 0.00523. The molecular weight excluding hydrogens is 300 g/mol. The quantitative estimate of drug-likeness (QED) is 0.924. The smallest absolute Gasteiger partial charge is 0.334 e. The van der Waals surface area contributed by atoms with Gasteiger partial charge in [0.2, 0.25) is 5.76 Å². The number of nitrogens with zero attached hydrogens (tertiary/aromatic N) is 2. The van der Waals surface area contributed by atoms with E-state index in [9.17, 15) is 9.59 Å². The highest BCUT2D eigenvalue weighted by Gasteiger charge is 2.31. The van der Waals surface area contributed by atoms with Crippen molar-refractivity contribution in [2.45, 2.75) is 13.0 Å². The fourth-order valence-electron chi connectivity index (χ4n) is 2.38. The highest BCUT2D eigenvalue weighted by molar-refractivity contribution is 5.93. The lowest BCUT2D eigenvalue weighted by molar-refractivity contribution is -0.154. The number of carbonyl (C=O) groups is 2. The highest BCUT2D eigenvalue weighted by Crippen LogP contribution is 2.21. The third-order valence-electron chi connectivity index (χ3n) is 3.70. The molecule has 1 aromatic carbocycles. The van der Waals surface area contributed by atoms with E-state index < -0.39 is 12.1 Å². The normalized spacial score (nSPS) is 18.0. The first-order valence-corrected chi connectivity index (χ1v) is 7.22. The minimum Gasteiger partial charge on any atom is -0.479 e. The minimum atomic E-state index is -1.08. The van der Waals surface area contributed by atoms with Gasteiger partial charge in [-0.25, -0.2) is 4.79 Å². The third kappa shape index (κ3) is 3.24. The first-order valence-electron chi connectivity index (χ1n) is 7.22. The number of benzene rings is 1. The Morgan fingerprint density at radius 3 is 2.74 bits per heavy atom. The van der Waals surface area contributed by atoms with Crippen LogP contribution in [0.2, 0.25) is 0 Å². The Hall–Kier alpha value is -2.67. The molecular formula is C16H16N2O5. The molecule has 1 fully saturated rings. The van der Waals surface area contributed by atoms with E-state index in [0.717, 1.165) is 11.1 Å². The van der Waals surface area contributed by atoms with Crippen molar-refractivity contribution in [1.82, 2.24) is 10.1 Å². The molecule has 1 aliphatic rings. The summed E-state index contributed by atoms with van der Waals surface area (Å²) in [7, 11) is 0. The molecule has 1 N–H and O–H groups in total. The number of hydrogen-bond donors (Lipinski definition) is 1. The van der Waals surface area contributed by atoms with Gasteiger partial charge >= 0.3 is 5.97 Å². The van der Waals surface area contributed by atoms with Crippen LogP contribution in [-0.2, 0) is 9.53 Å². The summed E-state index contributed by atoms with van der Waals surface area (Å²) in [5, 5.41) is 12.9. The second-order valence-corrected chi connectivity index (χ2v) is 5.39. The van der Waals surface area contributed by atoms with Crippen molar-refractivity contribution in [3.8, 4) is 11.3 Å². The maximum atomic E-state index is 12.4. The van der Waals surface area contributed by atoms with Crippen molar-refractivity contribution in [2.75, 3.05) is 19.7 Å². The van der Waals surface area contributed by atoms with Crippen LogP contribution in [0.3, 0.4) is 0 Å². The van der Waals surface area contributed by atoms with Gasteiger partial charge in [0.15, 0.2) is 6.10 Å². The van der Waals surface area contributed by atoms with Gasteiger partial charge in [0.05, 0.1) is 13.2 Å². The fraction of sp³-hybridized carbons (Fsp3) is 0.312. The molecule has 1 aromatic heterocycles. The van der Waals surface area contributed by atoms with Crippen LogP contribution in [-0.4, -0.2) is 52.8 Å². The summed E-state index contributed by atoms with van der Waals surface area (Å²) in [5.74, 6) is -1.38. The van der Waals surface area contributed by atoms with Gasteiger partial charge in [0, 0.05) is 18.2 Å². The van der Waals surface area contributed by atoms with E-state index in [0.29, 0.717) is 12.2 Å². The summed E-state index contributed by atoms with van der Waals surface area (Å²) >= 11 is 0. The predicted octanol–water partition coefficient (Wildman–Crippen LogP) is 1.58. The Kier molecular flexibility index (Phi) is 4.12. The Balaban J connectivity index is 1.75. The predicted molar refractivity (Wildman–Crippen MR) is 80.0 cm³/mol. The SMILES string of the molecule is Cc1ccc(-c2cc(C(=O)N3CCO[C@H](C(=O)O)C3)on2)cc1. The van der Waals surface area contributed by atoms with Gasteiger partial charge in [-0.3, -0.25) is 4.79 Å². The largest absolute Gasteiger partial charge is 0.479 e. The fourth-order valence-corrected chi connectivity index (χ4v) is 2.38. The standard InChI is InChI=1S/C16H16N2O5/c1-10-2-4-11(5-3-10)12-8-13(23-17-12)15(19)18-6-7-22-14(9-18)16(20)21/h2-5,8,14H,6-7,9H2,1H3,(H,20,21)/t14-/m0/s1. The Labute approximate surface area is 132 Å². The Morgan fingerprint density at radius 1 is 1.30 bits per heavy atom. The van der Waals surface area contributed by atoms with Crippen LogP contribution in [0.1, 0.15) is 16.1 Å². The zero-order valence-electron chi connectivity index (χ0n) is 12.6. The summed E-state index contributed by atoms with van der Waals surface area (Å²) in [4.78, 5) is 24.8. The van der Waals surface area contributed by atoms with Gasteiger partial charge in [-0.1, -0.05) is 35.0 Å². The summed E-state index contributed by atoms with van der Waals surface area (Å²) in [6.07, 6.45) is -1.01. The topological polar surface area (TPSA) is 92.9 Å². The Morgan fingerprint density at radius 2 is 2.04 bits per heavy atom. The molecule has 0 aliphatic carbocycles. The molecule has 0 bridgehead atoms. The number of carbonyl (C=O) groups excluding carboxylic acids is 1. The number of rotatable bonds is 3. The molecule has 120 valence electrons. The van der Waals surface area contributed by atoms with E-state index in [1.54, 1.807) is 6.07 Å². The lowest BCUT2D eigenvalue weighted by Crippen LogP contribution is -2.48. The van der Waals surface area contributed by atoms with Crippen molar-refractivity contribution < 1.29 is 24.0 Å². The summed E-state index contributed by atoms with van der Waals surface area (Å²) < 4.78 is 10.2. The average Bonchev–Trinajstić information content (AvgIpc) is 3.05. The van der Waals surface area contributed by atoms with Crippen LogP contribution < -0.4 is 0 Å². The van der Waals surface area contributed by atoms with Gasteiger partial charge in [-0.05, 0) is 6.92 Å². The van der Waals surface area contributed by atoms with Crippen LogP contribution in [0.25, 0.3) is 11.3 Å². The van der Waals surface area contributed by atoms with E-state index >= 15 is 0 Å². The lowest BCUT2D eigenvalue weighted by atomic mass is 10.1. The highest BCUT2D eigenvalue weighted by atomic mass is 16.5. The number of hydrogen-bond acceptors (Lipinski definition) is 5. The number of carboxylic acid groups (broad SMARTS) is 1. The van der Waals surface area contributed by atoms with Crippen LogP contribution in [0.5, 0.6) is 0 Å². The summed E-state index contributed by atoms with van der Waals surface area (Å²) in [6.45, 7) is 2.48. The number of morpholine rings is 1. The molecule has 2 heterocycles. The molecule has 1 aliphatic heterocycles. The van der Waals surface area contributed by atoms with Crippen molar-refractivity contribution in [3.05, 3.63) is 41.7 Å². The molecule has 1 saturated heterocycles. The van der Waals surface area contributed by atoms with Crippen LogP contribution in [0, 0.1) is 6.92 Å². The monoisotopic (exact) mass is 316 g/mol. The van der Waals surface area contributed by atoms with E-state index in [2.05, 4.69) is 5.16 Å². The number of aromatic nitrogens is 1. The van der Waals surface area contributed by atoms with E-state index in [4.69, 9.17) is 14.4 Å². The molecule has 23 heavy (non-hydrogen) atoms. The number of amides is 1. The molecule has 0 radical (unpaired) electrons. The van der Waals surface area contributed by atoms with Crippen LogP contribution >= 0.6 is 0 Å². The second-order valence-electron chi connectivity index (χ2n) is 5.39. The van der Waals surface area contributed by atoms with Crippen molar-refractivity contribution >= 4 is 11.9 Å². The molecule has 0 saturated carbocycles. The molecule has 7 nitrogen and oxygen atoms in total. The van der Waals surface area contributed by atoms with E-state index in [1.165, 1.54) is 4.90 Å². The van der Waals surface area contributed by atoms with Gasteiger partial charge in [0.25, 0.3) is 5.91 Å². The number of carboxylic acids is 1. The Bertz CT molecular complexity index is 722. The van der Waals surface area contributed by atoms with Gasteiger partial charge in [0.1, 0.15) is 5.69 Å². The van der Waals surface area contributed by atoms with E-state index in [1.807, 2.05) is 31.2 Å². The molecule has 3 rings (SSSR count). The third-order valence-corrected chi connectivity index (χ3v) is 3.70. The molecule has 2 aromatic rings. The molecule has 1 amide bonds. The van der Waals surface area contributed by atoms with Crippen molar-refractivity contribution in [3.63, 3.8) is 0 Å². The lowest BCUT2D eigenvalue weighted by Gasteiger charge is -2.29. The first kappa shape index (κ1) is 15.2. The van der Waals surface area contributed by atoms with Crippen LogP contribution in [0.4, 0.5) is 0 Å². The maximum Gasteiger partial charge on any atom is 0.334 e. The summed E-state index contributed by atoms with van der Waals surface area (Å²) in [5.41, 5.74) is 2.54. The average molecular weight is 316 g/mol.